The molecule has 1 heterocycles. The Kier molecular flexibility index (Phi) is 4.73. The molecule has 0 spiro atoms. The average molecular weight is 282 g/mol. The van der Waals surface area contributed by atoms with Crippen LogP contribution in [0.5, 0.6) is 0 Å². The summed E-state index contributed by atoms with van der Waals surface area (Å²) in [5, 5.41) is 10.3. The van der Waals surface area contributed by atoms with Gasteiger partial charge in [-0.05, 0) is 12.8 Å². The quantitative estimate of drug-likeness (QED) is 0.762. The van der Waals surface area contributed by atoms with Crippen LogP contribution in [0.4, 0.5) is 13.2 Å². The van der Waals surface area contributed by atoms with Crippen molar-refractivity contribution in [2.45, 2.75) is 19.0 Å². The van der Waals surface area contributed by atoms with E-state index in [-0.39, 0.29) is 13.1 Å². The van der Waals surface area contributed by atoms with E-state index in [0.717, 1.165) is 4.90 Å². The average Bonchev–Trinajstić information content (AvgIpc) is 2.34. The maximum Gasteiger partial charge on any atom is 0.471 e. The van der Waals surface area contributed by atoms with Crippen molar-refractivity contribution in [3.63, 3.8) is 0 Å². The number of nitrogens with zero attached hydrogens (tertiary/aromatic N) is 1. The number of carbonyl (C=O) groups excluding carboxylic acids is 2. The summed E-state index contributed by atoms with van der Waals surface area (Å²) in [5.74, 6) is -4.66. The van der Waals surface area contributed by atoms with E-state index in [0.29, 0.717) is 12.8 Å². The van der Waals surface area contributed by atoms with Crippen LogP contribution in [0.15, 0.2) is 0 Å². The van der Waals surface area contributed by atoms with E-state index in [1.165, 1.54) is 5.32 Å². The number of halogens is 3. The highest BCUT2D eigenvalue weighted by Gasteiger charge is 2.39. The smallest absolute Gasteiger partial charge is 0.471 e. The highest BCUT2D eigenvalue weighted by Crippen LogP contribution is 2.17. The number of hydrogen-bond donors (Lipinski definition) is 2. The molecule has 2 amide bonds. The van der Waals surface area contributed by atoms with E-state index >= 15 is 0 Å². The molecule has 108 valence electrons. The molecule has 6 nitrogen and oxygen atoms in total. The van der Waals surface area contributed by atoms with Gasteiger partial charge in [-0.3, -0.25) is 14.4 Å². The first-order valence-electron chi connectivity index (χ1n) is 5.57. The fraction of sp³-hybridized carbons (Fsp3) is 0.700. The number of amides is 2. The van der Waals surface area contributed by atoms with Gasteiger partial charge in [0.2, 0.25) is 5.91 Å². The predicted molar refractivity (Wildman–Crippen MR) is 56.0 cm³/mol. The monoisotopic (exact) mass is 282 g/mol. The number of rotatable bonds is 3. The van der Waals surface area contributed by atoms with Crippen molar-refractivity contribution in [3.05, 3.63) is 0 Å². The second-order valence-electron chi connectivity index (χ2n) is 4.20. The third-order valence-corrected chi connectivity index (χ3v) is 2.78. The van der Waals surface area contributed by atoms with Crippen LogP contribution in [0.1, 0.15) is 12.8 Å². The van der Waals surface area contributed by atoms with Crippen molar-refractivity contribution < 1.29 is 32.7 Å². The van der Waals surface area contributed by atoms with Gasteiger partial charge in [-0.25, -0.2) is 0 Å². The number of nitrogens with one attached hydrogen (secondary N) is 1. The number of carboxylic acids is 1. The molecule has 0 aliphatic carbocycles. The second kappa shape index (κ2) is 5.89. The second-order valence-corrected chi connectivity index (χ2v) is 4.20. The van der Waals surface area contributed by atoms with Gasteiger partial charge < -0.3 is 15.3 Å². The molecule has 2 N–H and O–H groups in total. The van der Waals surface area contributed by atoms with Gasteiger partial charge in [0.25, 0.3) is 0 Å². The number of likely N-dealkylation sites (tertiary alicyclic amines) is 1. The van der Waals surface area contributed by atoms with Crippen LogP contribution < -0.4 is 5.32 Å². The molecule has 0 aromatic carbocycles. The first-order chi connectivity index (χ1) is 8.71. The van der Waals surface area contributed by atoms with Gasteiger partial charge in [0.05, 0.1) is 12.5 Å². The van der Waals surface area contributed by atoms with Gasteiger partial charge in [-0.15, -0.1) is 0 Å². The van der Waals surface area contributed by atoms with Crippen LogP contribution >= 0.6 is 0 Å². The van der Waals surface area contributed by atoms with Crippen LogP contribution in [0.25, 0.3) is 0 Å². The van der Waals surface area contributed by atoms with Crippen LogP contribution in [-0.2, 0) is 14.4 Å². The molecule has 1 unspecified atom stereocenters. The Labute approximate surface area is 106 Å². The molecule has 1 atom stereocenters. The molecule has 9 heteroatoms. The normalized spacial score (nSPS) is 19.9. The van der Waals surface area contributed by atoms with Gasteiger partial charge in [-0.2, -0.15) is 13.2 Å². The summed E-state index contributed by atoms with van der Waals surface area (Å²) in [4.78, 5) is 34.0. The van der Waals surface area contributed by atoms with Crippen LogP contribution in [-0.4, -0.2) is 53.6 Å². The third-order valence-electron chi connectivity index (χ3n) is 2.78. The largest absolute Gasteiger partial charge is 0.481 e. The zero-order valence-electron chi connectivity index (χ0n) is 9.87. The van der Waals surface area contributed by atoms with Crippen LogP contribution in [0, 0.1) is 5.92 Å². The van der Waals surface area contributed by atoms with Crippen molar-refractivity contribution in [1.29, 1.82) is 0 Å². The van der Waals surface area contributed by atoms with Crippen molar-refractivity contribution in [1.82, 2.24) is 10.2 Å². The molecule has 0 aromatic rings. The van der Waals surface area contributed by atoms with E-state index in [1.54, 1.807) is 0 Å². The van der Waals surface area contributed by atoms with Crippen LogP contribution in [0.2, 0.25) is 0 Å². The number of piperidine rings is 1. The van der Waals surface area contributed by atoms with Crippen molar-refractivity contribution in [2.24, 2.45) is 5.92 Å². The molecular weight excluding hydrogens is 269 g/mol. The van der Waals surface area contributed by atoms with Crippen LogP contribution in [0.3, 0.4) is 0 Å². The highest BCUT2D eigenvalue weighted by molar-refractivity contribution is 5.87. The predicted octanol–water partition coefficient (Wildman–Crippen LogP) is -0.0119. The summed E-state index contributed by atoms with van der Waals surface area (Å²) in [7, 11) is 0. The van der Waals surface area contributed by atoms with Gasteiger partial charge in [0.1, 0.15) is 0 Å². The Morgan fingerprint density at radius 2 is 1.95 bits per heavy atom. The highest BCUT2D eigenvalue weighted by atomic mass is 19.4. The number of alkyl halides is 3. The molecule has 0 radical (unpaired) electrons. The fourth-order valence-electron chi connectivity index (χ4n) is 1.77. The van der Waals surface area contributed by atoms with E-state index in [1.807, 2.05) is 0 Å². The number of carboxylic acid groups (broad SMARTS) is 1. The molecule has 1 rings (SSSR count). The molecular formula is C10H13F3N2O4. The first-order valence-corrected chi connectivity index (χ1v) is 5.57. The fourth-order valence-corrected chi connectivity index (χ4v) is 1.77. The van der Waals surface area contributed by atoms with Crippen molar-refractivity contribution in [2.75, 3.05) is 19.6 Å². The molecule has 0 bridgehead atoms. The lowest BCUT2D eigenvalue weighted by Crippen LogP contribution is -2.48. The van der Waals surface area contributed by atoms with Gasteiger partial charge in [0, 0.05) is 13.1 Å². The maximum absolute atomic E-state index is 11.9. The zero-order chi connectivity index (χ0) is 14.6. The zero-order valence-corrected chi connectivity index (χ0v) is 9.87. The molecule has 0 aromatic heterocycles. The molecule has 1 saturated heterocycles. The van der Waals surface area contributed by atoms with E-state index in [2.05, 4.69) is 0 Å². The Balaban J connectivity index is 2.45. The van der Waals surface area contributed by atoms with Gasteiger partial charge >= 0.3 is 18.1 Å². The number of hydrogen-bond acceptors (Lipinski definition) is 3. The molecule has 1 aliphatic heterocycles. The Morgan fingerprint density at radius 3 is 2.47 bits per heavy atom. The van der Waals surface area contributed by atoms with Crippen molar-refractivity contribution >= 4 is 17.8 Å². The minimum absolute atomic E-state index is 0.0456. The summed E-state index contributed by atoms with van der Waals surface area (Å²) in [6.07, 6.45) is -4.14. The lowest BCUT2D eigenvalue weighted by atomic mass is 9.98. The number of carbonyl (C=O) groups is 3. The van der Waals surface area contributed by atoms with E-state index in [4.69, 9.17) is 5.11 Å². The Morgan fingerprint density at radius 1 is 1.32 bits per heavy atom. The first kappa shape index (κ1) is 15.3. The molecule has 19 heavy (non-hydrogen) atoms. The lowest BCUT2D eigenvalue weighted by molar-refractivity contribution is -0.174. The summed E-state index contributed by atoms with van der Waals surface area (Å²) < 4.78 is 35.7. The van der Waals surface area contributed by atoms with Gasteiger partial charge in [-0.1, -0.05) is 0 Å². The molecule has 1 aliphatic rings. The maximum atomic E-state index is 11.9. The lowest BCUT2D eigenvalue weighted by Gasteiger charge is -2.30. The minimum Gasteiger partial charge on any atom is -0.481 e. The minimum atomic E-state index is -5.04. The molecule has 1 fully saturated rings. The van der Waals surface area contributed by atoms with Crippen molar-refractivity contribution in [3.8, 4) is 0 Å². The summed E-state index contributed by atoms with van der Waals surface area (Å²) in [5.41, 5.74) is 0. The SMILES string of the molecule is O=C(O)C1CCCN(C(=O)CNC(=O)C(F)(F)F)C1. The summed E-state index contributed by atoms with van der Waals surface area (Å²) in [6.45, 7) is -0.550. The number of aliphatic carboxylic acids is 1. The molecule has 0 saturated carbocycles. The Bertz CT molecular complexity index is 383. The van der Waals surface area contributed by atoms with E-state index < -0.39 is 36.4 Å². The topological polar surface area (TPSA) is 86.7 Å². The standard InChI is InChI=1S/C10H13F3N2O4/c11-10(12,13)9(19)14-4-7(16)15-3-1-2-6(5-15)8(17)18/h6H,1-5H2,(H,14,19)(H,17,18). The summed E-state index contributed by atoms with van der Waals surface area (Å²) in [6, 6.07) is 0. The van der Waals surface area contributed by atoms with Gasteiger partial charge in [0.15, 0.2) is 0 Å². The summed E-state index contributed by atoms with van der Waals surface area (Å²) >= 11 is 0. The third kappa shape index (κ3) is 4.42. The van der Waals surface area contributed by atoms with E-state index in [9.17, 15) is 27.6 Å². The Hall–Kier alpha value is -1.80.